The first-order valence-electron chi connectivity index (χ1n) is 5.47. The van der Waals surface area contributed by atoms with Crippen LogP contribution in [-0.2, 0) is 11.3 Å². The zero-order chi connectivity index (χ0) is 14.7. The largest absolute Gasteiger partial charge is 0.476 e. The highest BCUT2D eigenvalue weighted by atomic mass is 35.5. The summed E-state index contributed by atoms with van der Waals surface area (Å²) >= 11 is 11.6. The van der Waals surface area contributed by atoms with Crippen LogP contribution in [0.5, 0.6) is 0 Å². The van der Waals surface area contributed by atoms with Crippen molar-refractivity contribution in [1.29, 1.82) is 0 Å². The van der Waals surface area contributed by atoms with Crippen molar-refractivity contribution < 1.29 is 14.7 Å². The SMILES string of the molecule is O=C(Cn1ccc(C(=O)O)n1)Nc1ccc(Cl)c(Cl)c1. The van der Waals surface area contributed by atoms with E-state index in [9.17, 15) is 9.59 Å². The van der Waals surface area contributed by atoms with Gasteiger partial charge in [-0.2, -0.15) is 5.10 Å². The quantitative estimate of drug-likeness (QED) is 0.908. The molecular formula is C12H9Cl2N3O3. The van der Waals surface area contributed by atoms with Gasteiger partial charge in [0.25, 0.3) is 0 Å². The molecule has 0 radical (unpaired) electrons. The summed E-state index contributed by atoms with van der Waals surface area (Å²) in [4.78, 5) is 22.4. The van der Waals surface area contributed by atoms with Crippen LogP contribution in [-0.4, -0.2) is 26.8 Å². The van der Waals surface area contributed by atoms with Gasteiger partial charge in [-0.25, -0.2) is 4.79 Å². The number of carbonyl (C=O) groups excluding carboxylic acids is 1. The minimum Gasteiger partial charge on any atom is -0.476 e. The van der Waals surface area contributed by atoms with Crippen molar-refractivity contribution in [1.82, 2.24) is 9.78 Å². The molecular weight excluding hydrogens is 305 g/mol. The Bertz CT molecular complexity index is 670. The third-order valence-electron chi connectivity index (χ3n) is 2.37. The number of aromatic carboxylic acids is 1. The summed E-state index contributed by atoms with van der Waals surface area (Å²) in [7, 11) is 0. The smallest absolute Gasteiger partial charge is 0.356 e. The third kappa shape index (κ3) is 3.49. The third-order valence-corrected chi connectivity index (χ3v) is 3.11. The van der Waals surface area contributed by atoms with Gasteiger partial charge < -0.3 is 10.4 Å². The first kappa shape index (κ1) is 14.4. The molecule has 0 spiro atoms. The van der Waals surface area contributed by atoms with Gasteiger partial charge in [0, 0.05) is 11.9 Å². The molecule has 0 saturated carbocycles. The standard InChI is InChI=1S/C12H9Cl2N3O3/c13-8-2-1-7(5-9(8)14)15-11(18)6-17-4-3-10(16-17)12(19)20/h1-5H,6H2,(H,15,18)(H,19,20). The number of halogens is 2. The average molecular weight is 314 g/mol. The zero-order valence-electron chi connectivity index (χ0n) is 10.0. The maximum absolute atomic E-state index is 11.8. The minimum absolute atomic E-state index is 0.104. The lowest BCUT2D eigenvalue weighted by Gasteiger charge is -2.06. The van der Waals surface area contributed by atoms with Crippen LogP contribution in [0.2, 0.25) is 10.0 Å². The molecule has 0 atom stereocenters. The summed E-state index contributed by atoms with van der Waals surface area (Å²) in [5.41, 5.74) is 0.377. The number of hydrogen-bond donors (Lipinski definition) is 2. The maximum Gasteiger partial charge on any atom is 0.356 e. The van der Waals surface area contributed by atoms with Crippen LogP contribution >= 0.6 is 23.2 Å². The summed E-state index contributed by atoms with van der Waals surface area (Å²) in [6.07, 6.45) is 1.41. The molecule has 2 aromatic rings. The lowest BCUT2D eigenvalue weighted by atomic mass is 10.3. The lowest BCUT2D eigenvalue weighted by Crippen LogP contribution is -2.19. The molecule has 0 fully saturated rings. The van der Waals surface area contributed by atoms with E-state index in [1.54, 1.807) is 12.1 Å². The first-order chi connectivity index (χ1) is 9.45. The summed E-state index contributed by atoms with van der Waals surface area (Å²) in [5.74, 6) is -1.50. The molecule has 104 valence electrons. The molecule has 0 aliphatic heterocycles. The molecule has 6 nitrogen and oxygen atoms in total. The zero-order valence-corrected chi connectivity index (χ0v) is 11.5. The molecule has 1 aromatic carbocycles. The van der Waals surface area contributed by atoms with Crippen molar-refractivity contribution in [2.75, 3.05) is 5.32 Å². The summed E-state index contributed by atoms with van der Waals surface area (Å²) in [6.45, 7) is -0.104. The van der Waals surface area contributed by atoms with Gasteiger partial charge >= 0.3 is 5.97 Å². The Morgan fingerprint density at radius 2 is 2.00 bits per heavy atom. The van der Waals surface area contributed by atoms with Crippen LogP contribution in [0.3, 0.4) is 0 Å². The maximum atomic E-state index is 11.8. The van der Waals surface area contributed by atoms with Crippen LogP contribution in [0.25, 0.3) is 0 Å². The van der Waals surface area contributed by atoms with Crippen molar-refractivity contribution in [2.45, 2.75) is 6.54 Å². The fourth-order valence-electron chi connectivity index (χ4n) is 1.49. The predicted molar refractivity (Wildman–Crippen MR) is 74.3 cm³/mol. The number of anilines is 1. The molecule has 1 aromatic heterocycles. The second kappa shape index (κ2) is 5.94. The molecule has 0 aliphatic rings. The Morgan fingerprint density at radius 3 is 2.60 bits per heavy atom. The van der Waals surface area contributed by atoms with Gasteiger partial charge in [0.15, 0.2) is 5.69 Å². The van der Waals surface area contributed by atoms with Gasteiger partial charge in [-0.05, 0) is 24.3 Å². The van der Waals surface area contributed by atoms with Crippen LogP contribution in [0.4, 0.5) is 5.69 Å². The lowest BCUT2D eigenvalue weighted by molar-refractivity contribution is -0.116. The minimum atomic E-state index is -1.14. The number of carboxylic acid groups (broad SMARTS) is 1. The second-order valence-corrected chi connectivity index (χ2v) is 4.70. The van der Waals surface area contributed by atoms with E-state index < -0.39 is 5.97 Å². The fourth-order valence-corrected chi connectivity index (χ4v) is 1.78. The van der Waals surface area contributed by atoms with Gasteiger partial charge in [-0.15, -0.1) is 0 Å². The van der Waals surface area contributed by atoms with Gasteiger partial charge in [0.2, 0.25) is 5.91 Å². The van der Waals surface area contributed by atoms with Crippen LogP contribution in [0.1, 0.15) is 10.5 Å². The summed E-state index contributed by atoms with van der Waals surface area (Å²) in [6, 6.07) is 6.01. The molecule has 20 heavy (non-hydrogen) atoms. The van der Waals surface area contributed by atoms with Crippen LogP contribution in [0.15, 0.2) is 30.5 Å². The van der Waals surface area contributed by atoms with E-state index in [4.69, 9.17) is 28.3 Å². The predicted octanol–water partition coefficient (Wildman–Crippen LogP) is 2.53. The van der Waals surface area contributed by atoms with E-state index in [1.165, 1.54) is 23.0 Å². The molecule has 1 amide bonds. The second-order valence-electron chi connectivity index (χ2n) is 3.88. The van der Waals surface area contributed by atoms with Crippen molar-refractivity contribution in [3.8, 4) is 0 Å². The van der Waals surface area contributed by atoms with Crippen LogP contribution in [0, 0.1) is 0 Å². The van der Waals surface area contributed by atoms with Crippen molar-refractivity contribution in [3.05, 3.63) is 46.2 Å². The van der Waals surface area contributed by atoms with Crippen molar-refractivity contribution in [3.63, 3.8) is 0 Å². The summed E-state index contributed by atoms with van der Waals surface area (Å²) in [5, 5.41) is 15.8. The van der Waals surface area contributed by atoms with E-state index in [2.05, 4.69) is 10.4 Å². The molecule has 0 aliphatic carbocycles. The Kier molecular flexibility index (Phi) is 4.26. The highest BCUT2D eigenvalue weighted by Crippen LogP contribution is 2.24. The number of nitrogens with one attached hydrogen (secondary N) is 1. The van der Waals surface area contributed by atoms with E-state index >= 15 is 0 Å². The van der Waals surface area contributed by atoms with Gasteiger partial charge in [-0.3, -0.25) is 9.48 Å². The van der Waals surface area contributed by atoms with Gasteiger partial charge in [0.1, 0.15) is 6.54 Å². The van der Waals surface area contributed by atoms with Crippen molar-refractivity contribution in [2.24, 2.45) is 0 Å². The van der Waals surface area contributed by atoms with E-state index in [-0.39, 0.29) is 18.1 Å². The Labute approximate surface area is 123 Å². The topological polar surface area (TPSA) is 84.2 Å². The number of nitrogens with zero attached hydrogens (tertiary/aromatic N) is 2. The Balaban J connectivity index is 2.01. The number of carboxylic acids is 1. The van der Waals surface area contributed by atoms with Crippen LogP contribution < -0.4 is 5.32 Å². The number of hydrogen-bond acceptors (Lipinski definition) is 3. The van der Waals surface area contributed by atoms with Gasteiger partial charge in [-0.1, -0.05) is 23.2 Å². The number of carbonyl (C=O) groups is 2. The Hall–Kier alpha value is -2.05. The van der Waals surface area contributed by atoms with E-state index in [0.717, 1.165) is 0 Å². The summed E-state index contributed by atoms with van der Waals surface area (Å²) < 4.78 is 1.23. The normalized spacial score (nSPS) is 10.3. The number of benzene rings is 1. The fraction of sp³-hybridized carbons (Fsp3) is 0.0833. The molecule has 0 unspecified atom stereocenters. The molecule has 1 heterocycles. The Morgan fingerprint density at radius 1 is 1.25 bits per heavy atom. The van der Waals surface area contributed by atoms with Gasteiger partial charge in [0.05, 0.1) is 10.0 Å². The number of aromatic nitrogens is 2. The first-order valence-corrected chi connectivity index (χ1v) is 6.23. The van der Waals surface area contributed by atoms with E-state index in [0.29, 0.717) is 15.7 Å². The number of amides is 1. The van der Waals surface area contributed by atoms with Crippen molar-refractivity contribution >= 4 is 40.8 Å². The highest BCUT2D eigenvalue weighted by molar-refractivity contribution is 6.42. The molecule has 2 rings (SSSR count). The molecule has 2 N–H and O–H groups in total. The van der Waals surface area contributed by atoms with E-state index in [1.807, 2.05) is 0 Å². The molecule has 0 saturated heterocycles. The number of rotatable bonds is 4. The average Bonchev–Trinajstić information content (AvgIpc) is 2.82. The highest BCUT2D eigenvalue weighted by Gasteiger charge is 2.10. The monoisotopic (exact) mass is 313 g/mol. The molecule has 0 bridgehead atoms. The molecule has 8 heteroatoms.